The van der Waals surface area contributed by atoms with E-state index in [0.29, 0.717) is 43.6 Å². The number of cyclic esters (lactones) is 1. The van der Waals surface area contributed by atoms with E-state index in [-0.39, 0.29) is 109 Å². The Kier molecular flexibility index (Phi) is 24.8. The van der Waals surface area contributed by atoms with Gasteiger partial charge < -0.3 is 74.3 Å². The van der Waals surface area contributed by atoms with Crippen molar-refractivity contribution in [3.8, 4) is 11.4 Å². The summed E-state index contributed by atoms with van der Waals surface area (Å²) in [7, 11) is 0. The van der Waals surface area contributed by atoms with E-state index in [9.17, 15) is 53.1 Å². The summed E-state index contributed by atoms with van der Waals surface area (Å²) in [6, 6.07) is 13.6. The number of ether oxygens (including phenoxy) is 7. The van der Waals surface area contributed by atoms with Crippen LogP contribution in [0.25, 0.3) is 22.3 Å². The van der Waals surface area contributed by atoms with Gasteiger partial charge in [0.15, 0.2) is 0 Å². The lowest BCUT2D eigenvalue weighted by Crippen LogP contribution is -2.57. The number of hydrogen-bond donors (Lipinski definition) is 6. The quantitative estimate of drug-likeness (QED) is 0.0191. The molecule has 0 radical (unpaired) electrons. The highest BCUT2D eigenvalue weighted by atomic mass is 16.6. The van der Waals surface area contributed by atoms with Gasteiger partial charge in [-0.15, -0.1) is 0 Å². The molecule has 6 N–H and O–H groups in total. The second-order valence-corrected chi connectivity index (χ2v) is 23.5. The largest absolute Gasteiger partial charge is 0.481 e. The van der Waals surface area contributed by atoms with Crippen LogP contribution < -0.4 is 32.1 Å². The van der Waals surface area contributed by atoms with Crippen molar-refractivity contribution in [2.45, 2.75) is 161 Å². The number of carbonyl (C=O) groups is 9. The number of carbonyl (C=O) groups excluding carboxylic acids is 8. The van der Waals surface area contributed by atoms with E-state index in [1.165, 1.54) is 4.90 Å². The van der Waals surface area contributed by atoms with Gasteiger partial charge in [0, 0.05) is 42.6 Å². The van der Waals surface area contributed by atoms with Crippen LogP contribution in [0.3, 0.4) is 0 Å². The van der Waals surface area contributed by atoms with Gasteiger partial charge in [0.2, 0.25) is 29.2 Å². The number of nitrogens with one attached hydrogen (secondary N) is 5. The zero-order valence-corrected chi connectivity index (χ0v) is 52.2. The number of unbranched alkanes of at least 4 members (excludes halogenated alkanes) is 1. The molecule has 5 heterocycles. The number of pyridine rings is 2. The summed E-state index contributed by atoms with van der Waals surface area (Å²) >= 11 is 0. The molecule has 3 aliphatic rings. The highest BCUT2D eigenvalue weighted by molar-refractivity contribution is 5.96. The molecule has 5 atom stereocenters. The molecule has 4 aromatic rings. The third kappa shape index (κ3) is 18.1. The Hall–Kier alpha value is -8.49. The van der Waals surface area contributed by atoms with E-state index >= 15 is 0 Å². The molecule has 26 heteroatoms. The minimum Gasteiger partial charge on any atom is -0.481 e. The van der Waals surface area contributed by atoms with Gasteiger partial charge in [-0.3, -0.25) is 28.8 Å². The van der Waals surface area contributed by atoms with Crippen molar-refractivity contribution < 1.29 is 81.4 Å². The van der Waals surface area contributed by atoms with Gasteiger partial charge in [0.25, 0.3) is 5.56 Å². The molecule has 1 fully saturated rings. The van der Waals surface area contributed by atoms with Crippen molar-refractivity contribution in [2.75, 3.05) is 59.3 Å². The SMILES string of the molecule is CCc1c2c(nc3ccccc13)-c1cc3c(c(=O)n1C2)COC(=O)[C@@]3(CC)OC(=O)[C@@H](NC(=O)[C@@H]1CCCN1C(=O)[C@H](CC(=O)O)NC(=O)CCOCCOCCOCCNC(=O)[C@H](CCCCNC(=O)OCc1ccccc1)NC(=O)OC(C)(C)C)C(C)C. The molecule has 1 saturated heterocycles. The maximum atomic E-state index is 14.4. The zero-order chi connectivity index (χ0) is 65.1. The number of para-hydroxylation sites is 1. The van der Waals surface area contributed by atoms with Crippen molar-refractivity contribution in [2.24, 2.45) is 5.92 Å². The van der Waals surface area contributed by atoms with Crippen LogP contribution in [0.4, 0.5) is 9.59 Å². The average molecular weight is 1250 g/mol. The summed E-state index contributed by atoms with van der Waals surface area (Å²) in [5.41, 5.74) is 1.60. The number of amides is 6. The first-order valence-corrected chi connectivity index (χ1v) is 30.7. The molecule has 3 aliphatic heterocycles. The zero-order valence-electron chi connectivity index (χ0n) is 52.2. The van der Waals surface area contributed by atoms with Gasteiger partial charge in [0.05, 0.1) is 75.1 Å². The maximum absolute atomic E-state index is 14.4. The predicted octanol–water partition coefficient (Wildman–Crippen LogP) is 4.83. The Morgan fingerprint density at radius 1 is 0.811 bits per heavy atom. The lowest BCUT2D eigenvalue weighted by Gasteiger charge is -2.37. The van der Waals surface area contributed by atoms with Crippen LogP contribution in [0.5, 0.6) is 0 Å². The van der Waals surface area contributed by atoms with Crippen LogP contribution in [0.2, 0.25) is 0 Å². The number of aliphatic carboxylic acids is 1. The van der Waals surface area contributed by atoms with E-state index in [2.05, 4.69) is 26.6 Å². The molecule has 6 amide bonds. The average Bonchev–Trinajstić information content (AvgIpc) is 1.45. The van der Waals surface area contributed by atoms with Crippen molar-refractivity contribution in [1.82, 2.24) is 41.0 Å². The number of fused-ring (bicyclic) bond motifs is 5. The first-order valence-electron chi connectivity index (χ1n) is 30.7. The highest BCUT2D eigenvalue weighted by Gasteiger charge is 2.52. The summed E-state index contributed by atoms with van der Waals surface area (Å²) in [6.45, 7) is 13.2. The molecule has 7 rings (SSSR count). The molecular formula is C64H84N8O18. The number of likely N-dealkylation sites (tertiary alicyclic amines) is 1. The van der Waals surface area contributed by atoms with Crippen molar-refractivity contribution in [3.63, 3.8) is 0 Å². The van der Waals surface area contributed by atoms with Crippen molar-refractivity contribution >= 4 is 64.6 Å². The summed E-state index contributed by atoms with van der Waals surface area (Å²) in [5.74, 6) is -6.57. The van der Waals surface area contributed by atoms with Crippen LogP contribution in [-0.4, -0.2) is 162 Å². The van der Waals surface area contributed by atoms with Crippen LogP contribution in [-0.2, 0) is 98.5 Å². The third-order valence-corrected chi connectivity index (χ3v) is 15.6. The Bertz CT molecular complexity index is 3290. The van der Waals surface area contributed by atoms with Crippen molar-refractivity contribution in [3.05, 3.63) is 98.8 Å². The van der Waals surface area contributed by atoms with E-state index in [1.807, 2.05) is 61.5 Å². The number of aryl methyl sites for hydroxylation is 1. The number of carboxylic acid groups (broad SMARTS) is 1. The molecule has 0 aliphatic carbocycles. The second kappa shape index (κ2) is 32.3. The molecule has 0 bridgehead atoms. The van der Waals surface area contributed by atoms with Gasteiger partial charge in [-0.2, -0.15) is 0 Å². The first-order chi connectivity index (χ1) is 43.0. The number of alkyl carbamates (subject to hydrolysis) is 2. The predicted molar refractivity (Wildman–Crippen MR) is 325 cm³/mol. The lowest BCUT2D eigenvalue weighted by molar-refractivity contribution is -0.191. The Morgan fingerprint density at radius 3 is 2.20 bits per heavy atom. The second-order valence-electron chi connectivity index (χ2n) is 23.5. The number of rotatable bonds is 32. The molecule has 2 aromatic carbocycles. The smallest absolute Gasteiger partial charge is 0.408 e. The maximum Gasteiger partial charge on any atom is 0.408 e. The van der Waals surface area contributed by atoms with Crippen LogP contribution in [0.15, 0.2) is 65.5 Å². The van der Waals surface area contributed by atoms with Crippen LogP contribution in [0, 0.1) is 5.92 Å². The minimum atomic E-state index is -2.08. The summed E-state index contributed by atoms with van der Waals surface area (Å²) in [5, 5.41) is 24.0. The summed E-state index contributed by atoms with van der Waals surface area (Å²) < 4.78 is 40.6. The molecule has 26 nitrogen and oxygen atoms in total. The first kappa shape index (κ1) is 69.0. The van der Waals surface area contributed by atoms with Gasteiger partial charge >= 0.3 is 30.1 Å². The van der Waals surface area contributed by atoms with Gasteiger partial charge in [-0.05, 0) is 94.9 Å². The number of aromatic nitrogens is 2. The number of hydrogen-bond acceptors (Lipinski definition) is 18. The molecule has 2 aromatic heterocycles. The lowest BCUT2D eigenvalue weighted by atomic mass is 9.85. The topological polar surface area (TPSA) is 337 Å². The van der Waals surface area contributed by atoms with Gasteiger partial charge in [-0.25, -0.2) is 24.2 Å². The molecule has 90 heavy (non-hydrogen) atoms. The standard InChI is InChI=1S/C64H84N8O18/c1-8-41-42-20-13-14-21-46(42)68-54-43(41)36-72-50(54)34-45-44(57(72)78)38-87-60(81)64(45,9-2)89-59(80)53(39(3)4)70-56(77)49-23-17-27-71(49)58(79)48(35-52(74)75)67-51(73)24-28-84-30-32-86-33-31-85-29-26-65-55(76)47(69-62(83)90-63(5,6)7)22-15-16-25-66-61(82)88-37-40-18-11-10-12-19-40/h10-14,18-21,34,39,47-49,53H,8-9,15-17,22-33,35-38H2,1-7H3,(H,65,76)(H,66,82)(H,67,73)(H,69,83)(H,70,77)(H,74,75)/t47-,48-,49-,53-,64-/m0/s1. The number of esters is 2. The Morgan fingerprint density at radius 2 is 1.51 bits per heavy atom. The fourth-order valence-electron chi connectivity index (χ4n) is 11.0. The molecular weight excluding hydrogens is 1170 g/mol. The van der Waals surface area contributed by atoms with E-state index in [0.717, 1.165) is 27.6 Å². The minimum absolute atomic E-state index is 0.0494. The Labute approximate surface area is 522 Å². The normalized spacial score (nSPS) is 16.8. The van der Waals surface area contributed by atoms with Crippen molar-refractivity contribution in [1.29, 1.82) is 0 Å². The van der Waals surface area contributed by atoms with Crippen LogP contribution in [0.1, 0.15) is 128 Å². The molecule has 0 spiro atoms. The number of benzene rings is 2. The van der Waals surface area contributed by atoms with Gasteiger partial charge in [-0.1, -0.05) is 76.2 Å². The monoisotopic (exact) mass is 1250 g/mol. The fraction of sp³-hybridized carbons (Fsp3) is 0.547. The molecule has 0 unspecified atom stereocenters. The summed E-state index contributed by atoms with van der Waals surface area (Å²) in [4.78, 5) is 140. The van der Waals surface area contributed by atoms with E-state index in [1.54, 1.807) is 52.2 Å². The van der Waals surface area contributed by atoms with E-state index < -0.39 is 107 Å². The van der Waals surface area contributed by atoms with E-state index in [4.69, 9.17) is 38.1 Å². The van der Waals surface area contributed by atoms with Crippen LogP contribution >= 0.6 is 0 Å². The summed E-state index contributed by atoms with van der Waals surface area (Å²) in [6.07, 6.45) is -0.0140. The third-order valence-electron chi connectivity index (χ3n) is 15.6. The molecule has 488 valence electrons. The highest BCUT2D eigenvalue weighted by Crippen LogP contribution is 2.42. The number of nitrogens with zero attached hydrogens (tertiary/aromatic N) is 3. The molecule has 0 saturated carbocycles. The fourth-order valence-corrected chi connectivity index (χ4v) is 11.0. The Balaban J connectivity index is 0.826. The van der Waals surface area contributed by atoms with Gasteiger partial charge in [0.1, 0.15) is 43.0 Å². The number of carboxylic acids is 1.